The van der Waals surface area contributed by atoms with E-state index in [0.717, 1.165) is 29.7 Å². The van der Waals surface area contributed by atoms with Crippen LogP contribution in [-0.4, -0.2) is 34.1 Å². The molecule has 5 heteroatoms. The molecule has 1 aromatic heterocycles. The van der Waals surface area contributed by atoms with E-state index in [1.807, 2.05) is 17.8 Å². The molecule has 2 rings (SSSR count). The first-order valence-electron chi connectivity index (χ1n) is 5.17. The standard InChI is InChI=1S/C10H16N4S/c1-8-7-15-5-4-14(8)10-12-3-2-9(6-11)13-10/h2-3,8H,4-7,11H2,1H3. The molecule has 1 aromatic rings. The van der Waals surface area contributed by atoms with E-state index in [2.05, 4.69) is 21.8 Å². The molecular weight excluding hydrogens is 208 g/mol. The fourth-order valence-electron chi connectivity index (χ4n) is 1.66. The van der Waals surface area contributed by atoms with Crippen molar-refractivity contribution in [3.8, 4) is 0 Å². The molecule has 0 radical (unpaired) electrons. The molecule has 2 N–H and O–H groups in total. The fraction of sp³-hybridized carbons (Fsp3) is 0.600. The molecule has 1 aliphatic rings. The second-order valence-corrected chi connectivity index (χ2v) is 4.82. The van der Waals surface area contributed by atoms with Crippen molar-refractivity contribution in [3.05, 3.63) is 18.0 Å². The SMILES string of the molecule is CC1CSCCN1c1nccc(CN)n1. The summed E-state index contributed by atoms with van der Waals surface area (Å²) in [4.78, 5) is 11.0. The molecule has 82 valence electrons. The number of thioether (sulfide) groups is 1. The van der Waals surface area contributed by atoms with Gasteiger partial charge in [0, 0.05) is 36.8 Å². The van der Waals surface area contributed by atoms with Gasteiger partial charge in [-0.3, -0.25) is 0 Å². The van der Waals surface area contributed by atoms with Crippen molar-refractivity contribution in [1.82, 2.24) is 9.97 Å². The molecule has 0 aromatic carbocycles. The van der Waals surface area contributed by atoms with Crippen LogP contribution in [0.15, 0.2) is 12.3 Å². The van der Waals surface area contributed by atoms with Gasteiger partial charge in [0.1, 0.15) is 0 Å². The Morgan fingerprint density at radius 1 is 1.67 bits per heavy atom. The van der Waals surface area contributed by atoms with E-state index in [4.69, 9.17) is 5.73 Å². The second kappa shape index (κ2) is 4.81. The number of anilines is 1. The molecule has 4 nitrogen and oxygen atoms in total. The van der Waals surface area contributed by atoms with Crippen molar-refractivity contribution in [2.45, 2.75) is 19.5 Å². The van der Waals surface area contributed by atoms with Crippen molar-refractivity contribution in [3.63, 3.8) is 0 Å². The first kappa shape index (κ1) is 10.7. The molecule has 0 aliphatic carbocycles. The summed E-state index contributed by atoms with van der Waals surface area (Å²) in [6, 6.07) is 2.38. The van der Waals surface area contributed by atoms with Gasteiger partial charge < -0.3 is 10.6 Å². The largest absolute Gasteiger partial charge is 0.336 e. The van der Waals surface area contributed by atoms with Crippen molar-refractivity contribution in [2.75, 3.05) is 23.0 Å². The van der Waals surface area contributed by atoms with Crippen molar-refractivity contribution < 1.29 is 0 Å². The van der Waals surface area contributed by atoms with E-state index in [-0.39, 0.29) is 0 Å². The normalized spacial score (nSPS) is 21.7. The lowest BCUT2D eigenvalue weighted by Gasteiger charge is -2.33. The summed E-state index contributed by atoms with van der Waals surface area (Å²) in [5, 5.41) is 0. The number of rotatable bonds is 2. The summed E-state index contributed by atoms with van der Waals surface area (Å²) in [7, 11) is 0. The van der Waals surface area contributed by atoms with Crippen LogP contribution in [0.1, 0.15) is 12.6 Å². The molecule has 0 bridgehead atoms. The second-order valence-electron chi connectivity index (χ2n) is 3.67. The summed E-state index contributed by atoms with van der Waals surface area (Å²) in [6.45, 7) is 3.72. The Morgan fingerprint density at radius 3 is 3.27 bits per heavy atom. The molecule has 15 heavy (non-hydrogen) atoms. The predicted molar refractivity (Wildman–Crippen MR) is 64.1 cm³/mol. The third-order valence-corrected chi connectivity index (χ3v) is 3.72. The highest BCUT2D eigenvalue weighted by Gasteiger charge is 2.20. The summed E-state index contributed by atoms with van der Waals surface area (Å²) in [5.74, 6) is 3.13. The van der Waals surface area contributed by atoms with Gasteiger partial charge in [-0.1, -0.05) is 0 Å². The Hall–Kier alpha value is -0.810. The highest BCUT2D eigenvalue weighted by atomic mass is 32.2. The van der Waals surface area contributed by atoms with Gasteiger partial charge in [-0.15, -0.1) is 0 Å². The van der Waals surface area contributed by atoms with Crippen LogP contribution in [0.5, 0.6) is 0 Å². The minimum atomic E-state index is 0.479. The molecule has 1 aliphatic heterocycles. The molecular formula is C10H16N4S. The summed E-state index contributed by atoms with van der Waals surface area (Å²) in [6.07, 6.45) is 1.79. The lowest BCUT2D eigenvalue weighted by molar-refractivity contribution is 0.674. The van der Waals surface area contributed by atoms with E-state index >= 15 is 0 Å². The Bertz CT molecular complexity index is 331. The van der Waals surface area contributed by atoms with Crippen LogP contribution in [0.25, 0.3) is 0 Å². The average molecular weight is 224 g/mol. The Balaban J connectivity index is 2.19. The average Bonchev–Trinajstić information content (AvgIpc) is 2.30. The van der Waals surface area contributed by atoms with Gasteiger partial charge in [0.2, 0.25) is 5.95 Å². The zero-order valence-electron chi connectivity index (χ0n) is 8.89. The van der Waals surface area contributed by atoms with Crippen LogP contribution >= 0.6 is 11.8 Å². The highest BCUT2D eigenvalue weighted by molar-refractivity contribution is 7.99. The summed E-state index contributed by atoms with van der Waals surface area (Å²) >= 11 is 1.99. The lowest BCUT2D eigenvalue weighted by Crippen LogP contribution is -2.41. The molecule has 1 fully saturated rings. The molecule has 1 atom stereocenters. The van der Waals surface area contributed by atoms with Crippen LogP contribution in [0, 0.1) is 0 Å². The zero-order chi connectivity index (χ0) is 10.7. The van der Waals surface area contributed by atoms with Crippen molar-refractivity contribution in [2.24, 2.45) is 5.73 Å². The number of aromatic nitrogens is 2. The Labute approximate surface area is 94.3 Å². The monoisotopic (exact) mass is 224 g/mol. The molecule has 0 amide bonds. The minimum Gasteiger partial charge on any atom is -0.336 e. The fourth-order valence-corrected chi connectivity index (χ4v) is 2.67. The smallest absolute Gasteiger partial charge is 0.225 e. The Morgan fingerprint density at radius 2 is 2.53 bits per heavy atom. The molecule has 2 heterocycles. The van der Waals surface area contributed by atoms with Crippen LogP contribution in [0.3, 0.4) is 0 Å². The van der Waals surface area contributed by atoms with Crippen LogP contribution in [-0.2, 0) is 6.54 Å². The third-order valence-electron chi connectivity index (χ3n) is 2.53. The summed E-state index contributed by atoms with van der Waals surface area (Å²) < 4.78 is 0. The zero-order valence-corrected chi connectivity index (χ0v) is 9.70. The van der Waals surface area contributed by atoms with Crippen LogP contribution in [0.2, 0.25) is 0 Å². The number of hydrogen-bond acceptors (Lipinski definition) is 5. The maximum absolute atomic E-state index is 5.57. The topological polar surface area (TPSA) is 55.0 Å². The lowest BCUT2D eigenvalue weighted by atomic mass is 10.3. The predicted octanol–water partition coefficient (Wildman–Crippen LogP) is 0.877. The first-order valence-corrected chi connectivity index (χ1v) is 6.33. The molecule has 0 spiro atoms. The van der Waals surface area contributed by atoms with Gasteiger partial charge in [-0.05, 0) is 13.0 Å². The number of nitrogens with zero attached hydrogens (tertiary/aromatic N) is 3. The number of hydrogen-bond donors (Lipinski definition) is 1. The summed E-state index contributed by atoms with van der Waals surface area (Å²) in [5.41, 5.74) is 6.48. The van der Waals surface area contributed by atoms with E-state index < -0.39 is 0 Å². The van der Waals surface area contributed by atoms with Crippen molar-refractivity contribution in [1.29, 1.82) is 0 Å². The van der Waals surface area contributed by atoms with Gasteiger partial charge in [-0.25, -0.2) is 9.97 Å². The maximum atomic E-state index is 5.57. The molecule has 0 saturated carbocycles. The van der Waals surface area contributed by atoms with Crippen molar-refractivity contribution >= 4 is 17.7 Å². The van der Waals surface area contributed by atoms with Crippen LogP contribution < -0.4 is 10.6 Å². The quantitative estimate of drug-likeness (QED) is 0.808. The third kappa shape index (κ3) is 2.41. The van der Waals surface area contributed by atoms with Gasteiger partial charge in [0.05, 0.1) is 5.69 Å². The minimum absolute atomic E-state index is 0.479. The van der Waals surface area contributed by atoms with Gasteiger partial charge in [0.25, 0.3) is 0 Å². The maximum Gasteiger partial charge on any atom is 0.225 e. The first-order chi connectivity index (χ1) is 7.31. The van der Waals surface area contributed by atoms with Gasteiger partial charge in [0.15, 0.2) is 0 Å². The van der Waals surface area contributed by atoms with E-state index in [9.17, 15) is 0 Å². The van der Waals surface area contributed by atoms with Crippen LogP contribution in [0.4, 0.5) is 5.95 Å². The molecule has 1 unspecified atom stereocenters. The molecule has 1 saturated heterocycles. The number of nitrogens with two attached hydrogens (primary N) is 1. The van der Waals surface area contributed by atoms with E-state index in [0.29, 0.717) is 12.6 Å². The van der Waals surface area contributed by atoms with Gasteiger partial charge in [-0.2, -0.15) is 11.8 Å². The van der Waals surface area contributed by atoms with E-state index in [1.54, 1.807) is 6.20 Å². The van der Waals surface area contributed by atoms with Gasteiger partial charge >= 0.3 is 0 Å². The highest BCUT2D eigenvalue weighted by Crippen LogP contribution is 2.20. The Kier molecular flexibility index (Phi) is 3.43. The van der Waals surface area contributed by atoms with E-state index in [1.165, 1.54) is 0 Å².